The zero-order valence-electron chi connectivity index (χ0n) is 25.7. The van der Waals surface area contributed by atoms with Crippen LogP contribution in [0.2, 0.25) is 0 Å². The van der Waals surface area contributed by atoms with E-state index in [1.165, 1.54) is 37.9 Å². The standard InChI is InChI=1S/C32H42FN7O4/c1-21-6-7-30(36-35-21)40-18-23-13-22(14-24(23)19-40)17-38-8-10-39(11-9-38)29-16-26(25(20-42)15-27(29)33)32(44)37(3)28(5-4-12-41)31(43)34-2/h6-7,12,15-16,20,22-24,28H,4-5,8-11,13-14,17-19H2,1-3H3,(H,34,43). The zero-order valence-corrected chi connectivity index (χ0v) is 25.7. The van der Waals surface area contributed by atoms with Gasteiger partial charge in [-0.25, -0.2) is 4.39 Å². The number of hydrogen-bond acceptors (Lipinski definition) is 9. The molecule has 44 heavy (non-hydrogen) atoms. The second-order valence-electron chi connectivity index (χ2n) is 12.4. The molecule has 3 atom stereocenters. The number of aromatic nitrogens is 2. The Morgan fingerprint density at radius 3 is 2.36 bits per heavy atom. The SMILES string of the molecule is CNC(=O)C(CCC=O)N(C)C(=O)c1cc(N2CCN(CC3CC4CN(c5ccc(C)nn5)CC4C3)CC2)c(F)cc1C=O. The van der Waals surface area contributed by atoms with Crippen molar-refractivity contribution in [3.63, 3.8) is 0 Å². The number of fused-ring (bicyclic) bond motifs is 1. The third-order valence-electron chi connectivity index (χ3n) is 9.56. The highest BCUT2D eigenvalue weighted by Crippen LogP contribution is 2.43. The van der Waals surface area contributed by atoms with Crippen molar-refractivity contribution in [1.82, 2.24) is 25.3 Å². The van der Waals surface area contributed by atoms with Crippen LogP contribution in [0.15, 0.2) is 24.3 Å². The molecule has 1 aliphatic carbocycles. The summed E-state index contributed by atoms with van der Waals surface area (Å²) in [7, 11) is 2.91. The quantitative estimate of drug-likeness (QED) is 0.384. The number of aryl methyl sites for hydroxylation is 1. The first-order chi connectivity index (χ1) is 21.2. The zero-order chi connectivity index (χ0) is 31.4. The Morgan fingerprint density at radius 1 is 1.07 bits per heavy atom. The lowest BCUT2D eigenvalue weighted by atomic mass is 10.0. The highest BCUT2D eigenvalue weighted by atomic mass is 19.1. The number of aldehydes is 2. The molecule has 2 amide bonds. The van der Waals surface area contributed by atoms with Crippen LogP contribution in [0.4, 0.5) is 15.9 Å². The normalized spacial score (nSPS) is 22.4. The molecular formula is C32H42FN7O4. The van der Waals surface area contributed by atoms with Crippen LogP contribution in [0, 0.1) is 30.5 Å². The predicted octanol–water partition coefficient (Wildman–Crippen LogP) is 2.19. The second kappa shape index (κ2) is 13.8. The molecule has 3 unspecified atom stereocenters. The van der Waals surface area contributed by atoms with Gasteiger partial charge in [0.2, 0.25) is 5.91 Å². The number of hydrogen-bond donors (Lipinski definition) is 1. The molecule has 2 saturated heterocycles. The van der Waals surface area contributed by atoms with Crippen LogP contribution in [0.1, 0.15) is 52.1 Å². The van der Waals surface area contributed by atoms with E-state index in [-0.39, 0.29) is 29.7 Å². The number of anilines is 2. The third kappa shape index (κ3) is 6.74. The first kappa shape index (κ1) is 31.5. The van der Waals surface area contributed by atoms with Gasteiger partial charge in [-0.1, -0.05) is 0 Å². The van der Waals surface area contributed by atoms with Crippen molar-refractivity contribution < 1.29 is 23.6 Å². The minimum atomic E-state index is -0.899. The molecule has 12 heteroatoms. The molecule has 1 aromatic carbocycles. The molecule has 3 aliphatic rings. The fourth-order valence-corrected chi connectivity index (χ4v) is 7.19. The van der Waals surface area contributed by atoms with Gasteiger partial charge < -0.3 is 24.8 Å². The van der Waals surface area contributed by atoms with E-state index in [4.69, 9.17) is 0 Å². The van der Waals surface area contributed by atoms with Gasteiger partial charge >= 0.3 is 0 Å². The topological polar surface area (TPSA) is 119 Å². The first-order valence-electron chi connectivity index (χ1n) is 15.5. The van der Waals surface area contributed by atoms with Crippen LogP contribution in [-0.2, 0) is 9.59 Å². The van der Waals surface area contributed by atoms with Crippen LogP contribution >= 0.6 is 0 Å². The predicted molar refractivity (Wildman–Crippen MR) is 164 cm³/mol. The number of carbonyl (C=O) groups excluding carboxylic acids is 4. The van der Waals surface area contributed by atoms with E-state index in [2.05, 4.69) is 31.4 Å². The summed E-state index contributed by atoms with van der Waals surface area (Å²) < 4.78 is 15.2. The van der Waals surface area contributed by atoms with E-state index < -0.39 is 23.7 Å². The minimum absolute atomic E-state index is 0.0319. The molecular weight excluding hydrogens is 565 g/mol. The van der Waals surface area contributed by atoms with Crippen molar-refractivity contribution in [2.75, 3.05) is 69.7 Å². The maximum Gasteiger partial charge on any atom is 0.255 e. The van der Waals surface area contributed by atoms with Crippen molar-refractivity contribution in [3.8, 4) is 0 Å². The summed E-state index contributed by atoms with van der Waals surface area (Å²) in [5, 5.41) is 11.1. The summed E-state index contributed by atoms with van der Waals surface area (Å²) in [5.41, 5.74) is 1.15. The number of carbonyl (C=O) groups is 4. The van der Waals surface area contributed by atoms with Gasteiger partial charge in [-0.3, -0.25) is 19.3 Å². The van der Waals surface area contributed by atoms with Crippen LogP contribution in [0.3, 0.4) is 0 Å². The smallest absolute Gasteiger partial charge is 0.255 e. The van der Waals surface area contributed by atoms with Crippen LogP contribution in [0.5, 0.6) is 0 Å². The van der Waals surface area contributed by atoms with Crippen molar-refractivity contribution in [3.05, 3.63) is 46.9 Å². The molecule has 2 aliphatic heterocycles. The van der Waals surface area contributed by atoms with Gasteiger partial charge in [0.25, 0.3) is 5.91 Å². The molecule has 236 valence electrons. The Labute approximate surface area is 257 Å². The van der Waals surface area contributed by atoms with Gasteiger partial charge in [0.05, 0.1) is 16.9 Å². The van der Waals surface area contributed by atoms with E-state index in [0.717, 1.165) is 50.3 Å². The molecule has 0 spiro atoms. The maximum absolute atomic E-state index is 15.2. The van der Waals surface area contributed by atoms with Crippen molar-refractivity contribution >= 4 is 35.9 Å². The highest BCUT2D eigenvalue weighted by Gasteiger charge is 2.42. The fraction of sp³-hybridized carbons (Fsp3) is 0.562. The molecule has 2 aromatic rings. The maximum atomic E-state index is 15.2. The Bertz CT molecular complexity index is 1350. The Balaban J connectivity index is 1.18. The van der Waals surface area contributed by atoms with Crippen molar-refractivity contribution in [2.45, 2.75) is 38.6 Å². The van der Waals surface area contributed by atoms with Crippen molar-refractivity contribution in [2.24, 2.45) is 17.8 Å². The molecule has 1 saturated carbocycles. The number of benzene rings is 1. The number of nitrogens with one attached hydrogen (secondary N) is 1. The van der Waals surface area contributed by atoms with Gasteiger partial charge in [0.1, 0.15) is 18.1 Å². The highest BCUT2D eigenvalue weighted by molar-refractivity contribution is 6.04. The Hall–Kier alpha value is -3.93. The number of amides is 2. The summed E-state index contributed by atoms with van der Waals surface area (Å²) >= 11 is 0. The van der Waals surface area contributed by atoms with Gasteiger partial charge in [-0.15, -0.1) is 5.10 Å². The average molecular weight is 608 g/mol. The summed E-state index contributed by atoms with van der Waals surface area (Å²) in [5.74, 6) is 1.39. The molecule has 1 aromatic heterocycles. The number of rotatable bonds is 11. The number of likely N-dealkylation sites (N-methyl/N-ethyl adjacent to an activating group) is 2. The van der Waals surface area contributed by atoms with E-state index in [1.54, 1.807) is 0 Å². The van der Waals surface area contributed by atoms with Crippen molar-refractivity contribution in [1.29, 1.82) is 0 Å². The molecule has 0 radical (unpaired) electrons. The molecule has 5 rings (SSSR count). The lowest BCUT2D eigenvalue weighted by Gasteiger charge is -2.37. The molecule has 1 N–H and O–H groups in total. The molecule has 3 fully saturated rings. The largest absolute Gasteiger partial charge is 0.367 e. The molecule has 11 nitrogen and oxygen atoms in total. The van der Waals surface area contributed by atoms with E-state index in [0.29, 0.717) is 43.4 Å². The lowest BCUT2D eigenvalue weighted by Crippen LogP contribution is -2.48. The molecule has 0 bridgehead atoms. The van der Waals surface area contributed by atoms with E-state index in [9.17, 15) is 19.2 Å². The van der Waals surface area contributed by atoms with Crippen LogP contribution < -0.4 is 15.1 Å². The summed E-state index contributed by atoms with van der Waals surface area (Å²) in [6.07, 6.45) is 3.78. The van der Waals surface area contributed by atoms with Gasteiger partial charge in [-0.2, -0.15) is 5.10 Å². The van der Waals surface area contributed by atoms with Crippen LogP contribution in [-0.4, -0.2) is 110 Å². The molecule has 3 heterocycles. The summed E-state index contributed by atoms with van der Waals surface area (Å²) in [6.45, 7) is 7.77. The average Bonchev–Trinajstić information content (AvgIpc) is 3.60. The number of halogens is 1. The number of piperazine rings is 1. The monoisotopic (exact) mass is 607 g/mol. The fourth-order valence-electron chi connectivity index (χ4n) is 7.19. The van der Waals surface area contributed by atoms with E-state index >= 15 is 4.39 Å². The second-order valence-corrected chi connectivity index (χ2v) is 12.4. The summed E-state index contributed by atoms with van der Waals surface area (Å²) in [4.78, 5) is 56.6. The Kier molecular flexibility index (Phi) is 9.87. The lowest BCUT2D eigenvalue weighted by molar-refractivity contribution is -0.125. The van der Waals surface area contributed by atoms with Crippen LogP contribution in [0.25, 0.3) is 0 Å². The minimum Gasteiger partial charge on any atom is -0.367 e. The van der Waals surface area contributed by atoms with E-state index in [1.807, 2.05) is 17.9 Å². The number of nitrogens with zero attached hydrogens (tertiary/aromatic N) is 6. The Morgan fingerprint density at radius 2 is 1.77 bits per heavy atom. The summed E-state index contributed by atoms with van der Waals surface area (Å²) in [6, 6.07) is 5.70. The van der Waals surface area contributed by atoms with Gasteiger partial charge in [-0.05, 0) is 68.2 Å². The first-order valence-corrected chi connectivity index (χ1v) is 15.5. The third-order valence-corrected chi connectivity index (χ3v) is 9.56. The van der Waals surface area contributed by atoms with Gasteiger partial charge in [0, 0.05) is 71.9 Å². The van der Waals surface area contributed by atoms with Gasteiger partial charge in [0.15, 0.2) is 12.1 Å².